The number of hydrogen-bond acceptors (Lipinski definition) is 4. The molecule has 7 nitrogen and oxygen atoms in total. The van der Waals surface area contributed by atoms with Crippen LogP contribution in [0.25, 0.3) is 11.0 Å². The van der Waals surface area contributed by atoms with Crippen molar-refractivity contribution in [1.82, 2.24) is 14.9 Å². The third-order valence-electron chi connectivity index (χ3n) is 6.26. The second kappa shape index (κ2) is 8.95. The largest absolute Gasteiger partial charge is 0.340 e. The molecule has 2 heterocycles. The summed E-state index contributed by atoms with van der Waals surface area (Å²) in [5, 5.41) is 0. The summed E-state index contributed by atoms with van der Waals surface area (Å²) in [5.74, 6) is 0.662. The fraction of sp³-hybridized carbons (Fsp3) is 0.231. The molecule has 0 saturated carbocycles. The Hall–Kier alpha value is -3.65. The summed E-state index contributed by atoms with van der Waals surface area (Å²) in [7, 11) is -3.74. The average Bonchev–Trinajstić information content (AvgIpc) is 3.52. The molecule has 1 atom stereocenters. The Morgan fingerprint density at radius 3 is 2.44 bits per heavy atom. The Bertz CT molecular complexity index is 1380. The highest BCUT2D eigenvalue weighted by Crippen LogP contribution is 2.33. The van der Waals surface area contributed by atoms with Gasteiger partial charge < -0.3 is 9.88 Å². The van der Waals surface area contributed by atoms with E-state index in [4.69, 9.17) is 4.98 Å². The number of likely N-dealkylation sites (tertiary alicyclic amines) is 1. The molecule has 1 aliphatic heterocycles. The monoisotopic (exact) mass is 474 g/mol. The van der Waals surface area contributed by atoms with Crippen LogP contribution in [0.5, 0.6) is 0 Å². The fourth-order valence-corrected chi connectivity index (χ4v) is 6.05. The molecule has 1 saturated heterocycles. The van der Waals surface area contributed by atoms with Gasteiger partial charge in [0, 0.05) is 18.7 Å². The molecule has 4 aromatic rings. The summed E-state index contributed by atoms with van der Waals surface area (Å²) in [5.41, 5.74) is 2.90. The van der Waals surface area contributed by atoms with Crippen LogP contribution in [0.15, 0.2) is 83.8 Å². The zero-order valence-corrected chi connectivity index (χ0v) is 19.7. The van der Waals surface area contributed by atoms with Crippen molar-refractivity contribution in [3.63, 3.8) is 0 Å². The van der Waals surface area contributed by atoms with Crippen molar-refractivity contribution in [2.45, 2.75) is 30.7 Å². The number of hydrogen-bond donors (Lipinski definition) is 1. The van der Waals surface area contributed by atoms with Crippen LogP contribution in [0.2, 0.25) is 0 Å². The molecule has 0 spiro atoms. The summed E-state index contributed by atoms with van der Waals surface area (Å²) < 4.78 is 27.8. The minimum absolute atomic E-state index is 0.123. The highest BCUT2D eigenvalue weighted by Gasteiger charge is 2.33. The lowest BCUT2D eigenvalue weighted by atomic mass is 10.1. The van der Waals surface area contributed by atoms with Crippen LogP contribution in [0.1, 0.15) is 42.0 Å². The maximum Gasteiger partial charge on any atom is 0.264 e. The molecule has 1 amide bonds. The number of rotatable bonds is 6. The van der Waals surface area contributed by atoms with E-state index in [1.54, 1.807) is 31.2 Å². The number of nitrogens with zero attached hydrogens (tertiary/aromatic N) is 3. The number of para-hydroxylation sites is 3. The SMILES string of the molecule is CCN(c1ccccc1)S(=O)(=O)c1ccc(C(=O)N2CCCC2c2nc3ccccc3[nH]2)cc1. The van der Waals surface area contributed by atoms with Crippen LogP contribution in [-0.4, -0.2) is 42.3 Å². The molecular weight excluding hydrogens is 448 g/mol. The van der Waals surface area contributed by atoms with Crippen molar-refractivity contribution in [2.24, 2.45) is 0 Å². The van der Waals surface area contributed by atoms with Crippen LogP contribution in [0.4, 0.5) is 5.69 Å². The number of carbonyl (C=O) groups excluding carboxylic acids is 1. The fourth-order valence-electron chi connectivity index (χ4n) is 4.57. The van der Waals surface area contributed by atoms with Gasteiger partial charge in [0.05, 0.1) is 27.7 Å². The quantitative estimate of drug-likeness (QED) is 0.437. The van der Waals surface area contributed by atoms with Crippen LogP contribution >= 0.6 is 0 Å². The Morgan fingerprint density at radius 2 is 1.74 bits per heavy atom. The number of benzene rings is 3. The summed E-state index contributed by atoms with van der Waals surface area (Å²) in [6, 6.07) is 22.9. The van der Waals surface area contributed by atoms with Crippen molar-refractivity contribution in [1.29, 1.82) is 0 Å². The molecular formula is C26H26N4O3S. The van der Waals surface area contributed by atoms with Gasteiger partial charge in [-0.25, -0.2) is 13.4 Å². The predicted octanol–water partition coefficient (Wildman–Crippen LogP) is 4.76. The number of imidazole rings is 1. The van der Waals surface area contributed by atoms with Crippen molar-refractivity contribution in [3.05, 3.63) is 90.3 Å². The van der Waals surface area contributed by atoms with Crippen molar-refractivity contribution in [3.8, 4) is 0 Å². The van der Waals surface area contributed by atoms with Crippen LogP contribution in [0, 0.1) is 0 Å². The molecule has 1 unspecified atom stereocenters. The van der Waals surface area contributed by atoms with Gasteiger partial charge in [0.1, 0.15) is 5.82 Å². The third kappa shape index (κ3) is 3.94. The van der Waals surface area contributed by atoms with Gasteiger partial charge in [0.15, 0.2) is 0 Å². The first kappa shape index (κ1) is 22.2. The number of aromatic amines is 1. The number of amides is 1. The Balaban J connectivity index is 1.39. The number of fused-ring (bicyclic) bond motifs is 1. The Kier molecular flexibility index (Phi) is 5.83. The first-order valence-corrected chi connectivity index (χ1v) is 12.9. The lowest BCUT2D eigenvalue weighted by Crippen LogP contribution is -2.32. The standard InChI is InChI=1S/C26H26N4O3S/c1-2-30(20-9-4-3-5-10-20)34(32,33)21-16-14-19(15-17-21)26(31)29-18-8-13-24(29)25-27-22-11-6-7-12-23(22)28-25/h3-7,9-12,14-17,24H,2,8,13,18H2,1H3,(H,27,28). The highest BCUT2D eigenvalue weighted by atomic mass is 32.2. The lowest BCUT2D eigenvalue weighted by molar-refractivity contribution is 0.0730. The maximum atomic E-state index is 13.3. The topological polar surface area (TPSA) is 86.4 Å². The first-order chi connectivity index (χ1) is 16.5. The molecule has 1 aliphatic rings. The molecule has 1 aromatic heterocycles. The number of aromatic nitrogens is 2. The molecule has 0 bridgehead atoms. The van der Waals surface area contributed by atoms with Crippen molar-refractivity contribution >= 4 is 32.7 Å². The van der Waals surface area contributed by atoms with E-state index in [0.29, 0.717) is 24.3 Å². The van der Waals surface area contributed by atoms with E-state index >= 15 is 0 Å². The number of sulfonamides is 1. The van der Waals surface area contributed by atoms with Crippen LogP contribution in [-0.2, 0) is 10.0 Å². The highest BCUT2D eigenvalue weighted by molar-refractivity contribution is 7.92. The number of H-pyrrole nitrogens is 1. The molecule has 3 aromatic carbocycles. The second-order valence-corrected chi connectivity index (χ2v) is 10.2. The summed E-state index contributed by atoms with van der Waals surface area (Å²) in [6.07, 6.45) is 1.73. The van der Waals surface area contributed by atoms with E-state index in [9.17, 15) is 13.2 Å². The molecule has 0 aliphatic carbocycles. The van der Waals surface area contributed by atoms with Gasteiger partial charge in [-0.05, 0) is 68.3 Å². The molecule has 1 fully saturated rings. The summed E-state index contributed by atoms with van der Waals surface area (Å²) in [4.78, 5) is 23.4. The van der Waals surface area contributed by atoms with Gasteiger partial charge in [-0.2, -0.15) is 0 Å². The van der Waals surface area contributed by atoms with Gasteiger partial charge >= 0.3 is 0 Å². The van der Waals surface area contributed by atoms with Gasteiger partial charge in [0.25, 0.3) is 15.9 Å². The van der Waals surface area contributed by atoms with Gasteiger partial charge in [-0.1, -0.05) is 30.3 Å². The zero-order chi connectivity index (χ0) is 23.7. The van der Waals surface area contributed by atoms with Gasteiger partial charge in [0.2, 0.25) is 0 Å². The average molecular weight is 475 g/mol. The third-order valence-corrected chi connectivity index (χ3v) is 8.17. The maximum absolute atomic E-state index is 13.3. The summed E-state index contributed by atoms with van der Waals surface area (Å²) in [6.45, 7) is 2.74. The molecule has 0 radical (unpaired) electrons. The lowest BCUT2D eigenvalue weighted by Gasteiger charge is -2.24. The summed E-state index contributed by atoms with van der Waals surface area (Å²) >= 11 is 0. The van der Waals surface area contributed by atoms with E-state index < -0.39 is 10.0 Å². The zero-order valence-electron chi connectivity index (χ0n) is 18.9. The molecule has 174 valence electrons. The number of anilines is 1. The smallest absolute Gasteiger partial charge is 0.264 e. The Labute approximate surface area is 199 Å². The predicted molar refractivity (Wildman–Crippen MR) is 132 cm³/mol. The normalized spacial score (nSPS) is 16.1. The van der Waals surface area contributed by atoms with E-state index in [-0.39, 0.29) is 16.8 Å². The van der Waals surface area contributed by atoms with Gasteiger partial charge in [-0.15, -0.1) is 0 Å². The van der Waals surface area contributed by atoms with E-state index in [0.717, 1.165) is 29.7 Å². The molecule has 8 heteroatoms. The van der Waals surface area contributed by atoms with Gasteiger partial charge in [-0.3, -0.25) is 9.10 Å². The number of carbonyl (C=O) groups is 1. The van der Waals surface area contributed by atoms with Crippen molar-refractivity contribution in [2.75, 3.05) is 17.4 Å². The number of nitrogens with one attached hydrogen (secondary N) is 1. The minimum atomic E-state index is -3.74. The first-order valence-electron chi connectivity index (χ1n) is 11.4. The second-order valence-electron chi connectivity index (χ2n) is 8.33. The van der Waals surface area contributed by atoms with Crippen LogP contribution < -0.4 is 4.31 Å². The van der Waals surface area contributed by atoms with E-state index in [1.807, 2.05) is 47.4 Å². The molecule has 5 rings (SSSR count). The van der Waals surface area contributed by atoms with E-state index in [1.165, 1.54) is 16.4 Å². The van der Waals surface area contributed by atoms with Crippen molar-refractivity contribution < 1.29 is 13.2 Å². The van der Waals surface area contributed by atoms with Crippen LogP contribution in [0.3, 0.4) is 0 Å². The van der Waals surface area contributed by atoms with E-state index in [2.05, 4.69) is 4.98 Å². The minimum Gasteiger partial charge on any atom is -0.340 e. The molecule has 1 N–H and O–H groups in total. The molecule has 34 heavy (non-hydrogen) atoms. The Morgan fingerprint density at radius 1 is 1.03 bits per heavy atom.